The number of ether oxygens (including phenoxy) is 1. The molecule has 3 heteroatoms. The molecule has 1 aliphatic carbocycles. The third-order valence-corrected chi connectivity index (χ3v) is 3.28. The van der Waals surface area contributed by atoms with Crippen LogP contribution in [-0.2, 0) is 0 Å². The van der Waals surface area contributed by atoms with Gasteiger partial charge in [0.15, 0.2) is 0 Å². The van der Waals surface area contributed by atoms with E-state index in [1.54, 1.807) is 12.1 Å². The van der Waals surface area contributed by atoms with E-state index in [0.29, 0.717) is 11.7 Å². The first-order valence-corrected chi connectivity index (χ1v) is 6.41. The van der Waals surface area contributed by atoms with Crippen molar-refractivity contribution in [1.82, 2.24) is 5.32 Å². The summed E-state index contributed by atoms with van der Waals surface area (Å²) in [5, 5.41) is 2.89. The van der Waals surface area contributed by atoms with Crippen molar-refractivity contribution in [2.45, 2.75) is 18.4 Å². The minimum Gasteiger partial charge on any atom is -0.410 e. The molecular weight excluding hydrogens is 238 g/mol. The molecule has 1 fully saturated rings. The van der Waals surface area contributed by atoms with Crippen molar-refractivity contribution in [2.75, 3.05) is 0 Å². The molecule has 3 nitrogen and oxygen atoms in total. The van der Waals surface area contributed by atoms with Crippen LogP contribution in [0.15, 0.2) is 60.7 Å². The maximum atomic E-state index is 11.7. The van der Waals surface area contributed by atoms with Gasteiger partial charge in [0, 0.05) is 12.0 Å². The Hall–Kier alpha value is -2.29. The molecule has 2 atom stereocenters. The normalized spacial score (nSPS) is 20.6. The molecule has 0 spiro atoms. The lowest BCUT2D eigenvalue weighted by Gasteiger charge is -2.06. The van der Waals surface area contributed by atoms with E-state index in [1.165, 1.54) is 5.56 Å². The zero-order chi connectivity index (χ0) is 13.1. The highest BCUT2D eigenvalue weighted by molar-refractivity contribution is 5.71. The van der Waals surface area contributed by atoms with Gasteiger partial charge in [-0.1, -0.05) is 48.5 Å². The number of hydrogen-bond donors (Lipinski definition) is 1. The van der Waals surface area contributed by atoms with Crippen LogP contribution in [-0.4, -0.2) is 12.1 Å². The molecule has 2 aromatic carbocycles. The van der Waals surface area contributed by atoms with Crippen LogP contribution in [0.4, 0.5) is 4.79 Å². The minimum atomic E-state index is -0.380. The molecule has 0 heterocycles. The van der Waals surface area contributed by atoms with Crippen LogP contribution in [0, 0.1) is 0 Å². The Labute approximate surface area is 112 Å². The number of amides is 1. The fraction of sp³-hybridized carbons (Fsp3) is 0.188. The van der Waals surface area contributed by atoms with Gasteiger partial charge in [0.25, 0.3) is 0 Å². The van der Waals surface area contributed by atoms with Crippen LogP contribution in [0.3, 0.4) is 0 Å². The fourth-order valence-electron chi connectivity index (χ4n) is 2.20. The van der Waals surface area contributed by atoms with Crippen molar-refractivity contribution in [2.24, 2.45) is 0 Å². The van der Waals surface area contributed by atoms with Crippen LogP contribution in [0.25, 0.3) is 0 Å². The van der Waals surface area contributed by atoms with E-state index in [-0.39, 0.29) is 12.1 Å². The SMILES string of the molecule is O=C(NC1CC1c1ccccc1)Oc1ccccc1. The summed E-state index contributed by atoms with van der Waals surface area (Å²) in [5.74, 6) is 0.987. The highest BCUT2D eigenvalue weighted by Crippen LogP contribution is 2.40. The molecule has 0 bridgehead atoms. The summed E-state index contributed by atoms with van der Waals surface area (Å²) >= 11 is 0. The predicted octanol–water partition coefficient (Wildman–Crippen LogP) is 3.33. The van der Waals surface area contributed by atoms with Crippen molar-refractivity contribution in [3.8, 4) is 5.75 Å². The average Bonchev–Trinajstić information content (AvgIpc) is 3.20. The lowest BCUT2D eigenvalue weighted by Crippen LogP contribution is -2.29. The van der Waals surface area contributed by atoms with Gasteiger partial charge in [-0.15, -0.1) is 0 Å². The number of nitrogens with one attached hydrogen (secondary N) is 1. The number of rotatable bonds is 3. The number of carbonyl (C=O) groups is 1. The third-order valence-electron chi connectivity index (χ3n) is 3.28. The zero-order valence-corrected chi connectivity index (χ0v) is 10.5. The molecule has 3 rings (SSSR count). The van der Waals surface area contributed by atoms with Gasteiger partial charge in [0.05, 0.1) is 0 Å². The minimum absolute atomic E-state index is 0.193. The lowest BCUT2D eigenvalue weighted by atomic mass is 10.1. The standard InChI is InChI=1S/C16H15NO2/c18-16(19-13-9-5-2-6-10-13)17-15-11-14(15)12-7-3-1-4-8-12/h1-10,14-15H,11H2,(H,17,18). The van der Waals surface area contributed by atoms with Gasteiger partial charge >= 0.3 is 6.09 Å². The van der Waals surface area contributed by atoms with Crippen LogP contribution in [0.1, 0.15) is 17.9 Å². The van der Waals surface area contributed by atoms with Gasteiger partial charge in [0.2, 0.25) is 0 Å². The fourth-order valence-corrected chi connectivity index (χ4v) is 2.20. The Kier molecular flexibility index (Phi) is 3.19. The molecule has 96 valence electrons. The monoisotopic (exact) mass is 253 g/mol. The number of benzene rings is 2. The smallest absolute Gasteiger partial charge is 0.410 e. The van der Waals surface area contributed by atoms with E-state index in [4.69, 9.17) is 4.74 Å². The van der Waals surface area contributed by atoms with Crippen molar-refractivity contribution in [1.29, 1.82) is 0 Å². The first-order chi connectivity index (χ1) is 9.33. The van der Waals surface area contributed by atoms with Gasteiger partial charge < -0.3 is 10.1 Å². The van der Waals surface area contributed by atoms with Crippen molar-refractivity contribution in [3.63, 3.8) is 0 Å². The van der Waals surface area contributed by atoms with Gasteiger partial charge in [0.1, 0.15) is 5.75 Å². The molecule has 1 saturated carbocycles. The summed E-state index contributed by atoms with van der Waals surface area (Å²) in [6.45, 7) is 0. The lowest BCUT2D eigenvalue weighted by molar-refractivity contribution is 0.200. The van der Waals surface area contributed by atoms with Crippen molar-refractivity contribution in [3.05, 3.63) is 66.2 Å². The zero-order valence-electron chi connectivity index (χ0n) is 10.5. The number of carbonyl (C=O) groups excluding carboxylic acids is 1. The maximum Gasteiger partial charge on any atom is 0.412 e. The summed E-state index contributed by atoms with van der Waals surface area (Å²) in [5.41, 5.74) is 1.27. The summed E-state index contributed by atoms with van der Waals surface area (Å²) in [6, 6.07) is 19.5. The second kappa shape index (κ2) is 5.14. The van der Waals surface area contributed by atoms with Crippen molar-refractivity contribution >= 4 is 6.09 Å². The topological polar surface area (TPSA) is 38.3 Å². The maximum absolute atomic E-state index is 11.7. The first-order valence-electron chi connectivity index (χ1n) is 6.41. The van der Waals surface area contributed by atoms with Gasteiger partial charge in [-0.3, -0.25) is 0 Å². The molecule has 2 unspecified atom stereocenters. The summed E-state index contributed by atoms with van der Waals surface area (Å²) in [7, 11) is 0. The quantitative estimate of drug-likeness (QED) is 0.911. The van der Waals surface area contributed by atoms with Crippen LogP contribution < -0.4 is 10.1 Å². The second-order valence-electron chi connectivity index (χ2n) is 4.71. The molecule has 2 aromatic rings. The number of hydrogen-bond acceptors (Lipinski definition) is 2. The first kappa shape index (κ1) is 11.8. The Morgan fingerprint density at radius 3 is 2.32 bits per heavy atom. The number of para-hydroxylation sites is 1. The van der Waals surface area contributed by atoms with E-state index in [2.05, 4.69) is 17.4 Å². The van der Waals surface area contributed by atoms with E-state index >= 15 is 0 Å². The Morgan fingerprint density at radius 2 is 1.63 bits per heavy atom. The van der Waals surface area contributed by atoms with Gasteiger partial charge in [-0.25, -0.2) is 4.79 Å². The van der Waals surface area contributed by atoms with Crippen LogP contribution in [0.2, 0.25) is 0 Å². The summed E-state index contributed by atoms with van der Waals surface area (Å²) < 4.78 is 5.20. The van der Waals surface area contributed by atoms with Crippen molar-refractivity contribution < 1.29 is 9.53 Å². The molecule has 1 N–H and O–H groups in total. The molecule has 0 aromatic heterocycles. The molecular formula is C16H15NO2. The largest absolute Gasteiger partial charge is 0.412 e. The van der Waals surface area contributed by atoms with E-state index < -0.39 is 0 Å². The molecule has 1 aliphatic rings. The summed E-state index contributed by atoms with van der Waals surface area (Å²) in [6.07, 6.45) is 0.600. The van der Waals surface area contributed by atoms with Gasteiger partial charge in [-0.2, -0.15) is 0 Å². The second-order valence-corrected chi connectivity index (χ2v) is 4.71. The Morgan fingerprint density at radius 1 is 1.00 bits per heavy atom. The molecule has 0 aliphatic heterocycles. The van der Waals surface area contributed by atoms with Crippen LogP contribution >= 0.6 is 0 Å². The third kappa shape index (κ3) is 2.94. The Bertz CT molecular complexity index is 553. The Balaban J connectivity index is 1.52. The molecule has 19 heavy (non-hydrogen) atoms. The molecule has 0 saturated heterocycles. The van der Waals surface area contributed by atoms with E-state index in [1.807, 2.05) is 36.4 Å². The van der Waals surface area contributed by atoms with Gasteiger partial charge in [-0.05, 0) is 24.1 Å². The summed E-state index contributed by atoms with van der Waals surface area (Å²) in [4.78, 5) is 11.7. The molecule has 0 radical (unpaired) electrons. The highest BCUT2D eigenvalue weighted by atomic mass is 16.6. The van der Waals surface area contributed by atoms with E-state index in [9.17, 15) is 4.79 Å². The van der Waals surface area contributed by atoms with E-state index in [0.717, 1.165) is 6.42 Å². The predicted molar refractivity (Wildman–Crippen MR) is 73.2 cm³/mol. The average molecular weight is 253 g/mol. The molecule has 1 amide bonds. The van der Waals surface area contributed by atoms with Crippen LogP contribution in [0.5, 0.6) is 5.75 Å². The highest BCUT2D eigenvalue weighted by Gasteiger charge is 2.39.